The van der Waals surface area contributed by atoms with E-state index in [0.29, 0.717) is 5.82 Å². The second-order valence-electron chi connectivity index (χ2n) is 6.19. The first kappa shape index (κ1) is 17.3. The van der Waals surface area contributed by atoms with Gasteiger partial charge in [-0.05, 0) is 11.6 Å². The summed E-state index contributed by atoms with van der Waals surface area (Å²) in [6, 6.07) is 13.7. The average Bonchev–Trinajstić information content (AvgIpc) is 2.64. The largest absolute Gasteiger partial charge is 0.369 e. The summed E-state index contributed by atoms with van der Waals surface area (Å²) < 4.78 is 0. The molecule has 0 radical (unpaired) electrons. The first-order valence-electron chi connectivity index (χ1n) is 8.54. The average molecular weight is 341 g/mol. The fraction of sp³-hybridized carbons (Fsp3) is 0.389. The van der Waals surface area contributed by atoms with Crippen molar-refractivity contribution in [1.29, 1.82) is 0 Å². The second kappa shape index (κ2) is 8.55. The van der Waals surface area contributed by atoms with E-state index >= 15 is 0 Å². The van der Waals surface area contributed by atoms with E-state index < -0.39 is 4.92 Å². The van der Waals surface area contributed by atoms with Crippen molar-refractivity contribution in [3.63, 3.8) is 0 Å². The van der Waals surface area contributed by atoms with Gasteiger partial charge >= 0.3 is 0 Å². The van der Waals surface area contributed by atoms with Crippen molar-refractivity contribution in [3.05, 3.63) is 64.3 Å². The van der Waals surface area contributed by atoms with Gasteiger partial charge in [-0.3, -0.25) is 19.9 Å². The number of hydrogen-bond donors (Lipinski definition) is 1. The molecule has 0 amide bonds. The summed E-state index contributed by atoms with van der Waals surface area (Å²) >= 11 is 0. The number of piperazine rings is 1. The summed E-state index contributed by atoms with van der Waals surface area (Å²) in [5.74, 6) is 0.674. The summed E-state index contributed by atoms with van der Waals surface area (Å²) in [5, 5.41) is 13.8. The van der Waals surface area contributed by atoms with Crippen LogP contribution in [0.3, 0.4) is 0 Å². The van der Waals surface area contributed by atoms with Gasteiger partial charge in [-0.25, -0.2) is 4.98 Å². The molecule has 1 aromatic carbocycles. The normalized spacial score (nSPS) is 15.8. The summed E-state index contributed by atoms with van der Waals surface area (Å²) in [4.78, 5) is 19.1. The molecule has 0 spiro atoms. The maximum atomic E-state index is 10.6. The Labute approximate surface area is 147 Å². The molecule has 7 nitrogen and oxygen atoms in total. The van der Waals surface area contributed by atoms with E-state index in [4.69, 9.17) is 0 Å². The summed E-state index contributed by atoms with van der Waals surface area (Å²) in [6.45, 7) is 7.00. The first-order chi connectivity index (χ1) is 12.2. The summed E-state index contributed by atoms with van der Waals surface area (Å²) in [5.41, 5.74) is 1.38. The molecular weight excluding hydrogens is 318 g/mol. The molecule has 132 valence electrons. The van der Waals surface area contributed by atoms with Gasteiger partial charge in [-0.2, -0.15) is 0 Å². The third-order valence-electron chi connectivity index (χ3n) is 4.41. The van der Waals surface area contributed by atoms with Gasteiger partial charge in [0.15, 0.2) is 0 Å². The molecular formula is C18H23N5O2. The van der Waals surface area contributed by atoms with Crippen LogP contribution in [0.4, 0.5) is 11.5 Å². The van der Waals surface area contributed by atoms with Crippen LogP contribution in [0.15, 0.2) is 48.7 Å². The van der Waals surface area contributed by atoms with E-state index in [2.05, 4.69) is 44.4 Å². The Hall–Kier alpha value is -2.51. The van der Waals surface area contributed by atoms with E-state index in [1.165, 1.54) is 17.8 Å². The molecule has 3 rings (SSSR count). The molecule has 2 heterocycles. The van der Waals surface area contributed by atoms with Gasteiger partial charge in [0.1, 0.15) is 12.0 Å². The molecule has 0 aliphatic carbocycles. The molecule has 1 fully saturated rings. The van der Waals surface area contributed by atoms with Crippen molar-refractivity contribution >= 4 is 11.5 Å². The van der Waals surface area contributed by atoms with Crippen LogP contribution in [0.25, 0.3) is 0 Å². The highest BCUT2D eigenvalue weighted by atomic mass is 16.6. The Bertz CT molecular complexity index is 670. The lowest BCUT2D eigenvalue weighted by molar-refractivity contribution is -0.385. The third kappa shape index (κ3) is 5.23. The van der Waals surface area contributed by atoms with Crippen molar-refractivity contribution in [2.24, 2.45) is 0 Å². The monoisotopic (exact) mass is 341 g/mol. The molecule has 25 heavy (non-hydrogen) atoms. The molecule has 1 aromatic heterocycles. The van der Waals surface area contributed by atoms with Gasteiger partial charge in [0.2, 0.25) is 0 Å². The minimum absolute atomic E-state index is 0.0140. The van der Waals surface area contributed by atoms with Crippen LogP contribution >= 0.6 is 0 Å². The van der Waals surface area contributed by atoms with Crippen molar-refractivity contribution in [3.8, 4) is 0 Å². The van der Waals surface area contributed by atoms with Crippen LogP contribution in [0.1, 0.15) is 5.56 Å². The minimum atomic E-state index is -0.439. The number of nitrogens with one attached hydrogen (secondary N) is 1. The SMILES string of the molecule is O=[N+]([O-])c1ccc(NCCN2CCN(Cc3ccccc3)CC2)nc1. The predicted octanol–water partition coefficient (Wildman–Crippen LogP) is 2.22. The van der Waals surface area contributed by atoms with Gasteiger partial charge in [0, 0.05) is 51.9 Å². The number of hydrogen-bond acceptors (Lipinski definition) is 6. The Morgan fingerprint density at radius 1 is 1.04 bits per heavy atom. The smallest absolute Gasteiger partial charge is 0.287 e. The first-order valence-corrected chi connectivity index (χ1v) is 8.54. The zero-order valence-electron chi connectivity index (χ0n) is 14.2. The number of anilines is 1. The molecule has 0 saturated carbocycles. The Morgan fingerprint density at radius 3 is 2.40 bits per heavy atom. The number of aromatic nitrogens is 1. The fourth-order valence-corrected chi connectivity index (χ4v) is 2.95. The van der Waals surface area contributed by atoms with Crippen LogP contribution in [0.2, 0.25) is 0 Å². The third-order valence-corrected chi connectivity index (χ3v) is 4.41. The second-order valence-corrected chi connectivity index (χ2v) is 6.19. The number of nitrogens with zero attached hydrogens (tertiary/aromatic N) is 4. The molecule has 0 unspecified atom stereocenters. The predicted molar refractivity (Wildman–Crippen MR) is 97.5 cm³/mol. The van der Waals surface area contributed by atoms with Crippen LogP contribution < -0.4 is 5.32 Å². The quantitative estimate of drug-likeness (QED) is 0.615. The maximum Gasteiger partial charge on any atom is 0.287 e. The van der Waals surface area contributed by atoms with Crippen molar-refractivity contribution in [1.82, 2.24) is 14.8 Å². The van der Waals surface area contributed by atoms with E-state index in [-0.39, 0.29) is 5.69 Å². The number of pyridine rings is 1. The van der Waals surface area contributed by atoms with E-state index in [9.17, 15) is 10.1 Å². The van der Waals surface area contributed by atoms with Crippen molar-refractivity contribution in [2.45, 2.75) is 6.54 Å². The van der Waals surface area contributed by atoms with E-state index in [1.807, 2.05) is 6.07 Å². The lowest BCUT2D eigenvalue weighted by Gasteiger charge is -2.34. The molecule has 7 heteroatoms. The zero-order valence-corrected chi connectivity index (χ0v) is 14.2. The highest BCUT2D eigenvalue weighted by Crippen LogP contribution is 2.12. The molecule has 1 N–H and O–H groups in total. The molecule has 0 atom stereocenters. The molecule has 1 saturated heterocycles. The van der Waals surface area contributed by atoms with Crippen LogP contribution in [0, 0.1) is 10.1 Å². The Kier molecular flexibility index (Phi) is 5.92. The molecule has 0 bridgehead atoms. The fourth-order valence-electron chi connectivity index (χ4n) is 2.95. The summed E-state index contributed by atoms with van der Waals surface area (Å²) in [6.07, 6.45) is 1.28. The van der Waals surface area contributed by atoms with Gasteiger partial charge in [0.25, 0.3) is 5.69 Å². The van der Waals surface area contributed by atoms with Crippen molar-refractivity contribution in [2.75, 3.05) is 44.6 Å². The number of rotatable bonds is 7. The highest BCUT2D eigenvalue weighted by Gasteiger charge is 2.16. The molecule has 1 aliphatic heterocycles. The molecule has 1 aliphatic rings. The molecule has 2 aromatic rings. The van der Waals surface area contributed by atoms with E-state index in [1.54, 1.807) is 6.07 Å². The topological polar surface area (TPSA) is 74.5 Å². The van der Waals surface area contributed by atoms with E-state index in [0.717, 1.165) is 45.8 Å². The minimum Gasteiger partial charge on any atom is -0.369 e. The number of nitro groups is 1. The van der Waals surface area contributed by atoms with Crippen molar-refractivity contribution < 1.29 is 4.92 Å². The highest BCUT2D eigenvalue weighted by molar-refractivity contribution is 5.39. The maximum absolute atomic E-state index is 10.6. The number of benzene rings is 1. The van der Waals surface area contributed by atoms with Crippen LogP contribution in [-0.4, -0.2) is 59.0 Å². The Morgan fingerprint density at radius 2 is 1.76 bits per heavy atom. The summed E-state index contributed by atoms with van der Waals surface area (Å²) in [7, 11) is 0. The zero-order chi connectivity index (χ0) is 17.5. The van der Waals surface area contributed by atoms with Gasteiger partial charge in [0.05, 0.1) is 4.92 Å². The van der Waals surface area contributed by atoms with Gasteiger partial charge < -0.3 is 5.32 Å². The van der Waals surface area contributed by atoms with Crippen LogP contribution in [-0.2, 0) is 6.54 Å². The van der Waals surface area contributed by atoms with Gasteiger partial charge in [-0.1, -0.05) is 30.3 Å². The lowest BCUT2D eigenvalue weighted by Crippen LogP contribution is -2.47. The lowest BCUT2D eigenvalue weighted by atomic mass is 10.2. The van der Waals surface area contributed by atoms with Crippen LogP contribution in [0.5, 0.6) is 0 Å². The Balaban J connectivity index is 1.36. The van der Waals surface area contributed by atoms with Gasteiger partial charge in [-0.15, -0.1) is 0 Å². The standard InChI is InChI=1S/C18H23N5O2/c24-23(25)17-6-7-18(20-14-17)19-8-9-21-10-12-22(13-11-21)15-16-4-2-1-3-5-16/h1-7,14H,8-13,15H2,(H,19,20).